The van der Waals surface area contributed by atoms with E-state index in [2.05, 4.69) is 125 Å². The zero-order chi connectivity index (χ0) is 30.9. The van der Waals surface area contributed by atoms with Gasteiger partial charge < -0.3 is 14.4 Å². The fourth-order valence-electron chi connectivity index (χ4n) is 6.37. The number of aromatic nitrogens is 1. The highest BCUT2D eigenvalue weighted by atomic mass is 19.1. The summed E-state index contributed by atoms with van der Waals surface area (Å²) in [7, 11) is 0. The lowest BCUT2D eigenvalue weighted by atomic mass is 10.1. The number of anilines is 6. The molecule has 0 unspecified atom stereocenters. The van der Waals surface area contributed by atoms with Gasteiger partial charge in [-0.2, -0.15) is 0 Å². The largest absolute Gasteiger partial charge is 0.311 e. The second kappa shape index (κ2) is 11.8. The minimum Gasteiger partial charge on any atom is -0.311 e. The summed E-state index contributed by atoms with van der Waals surface area (Å²) in [4.78, 5) is 4.23. The van der Waals surface area contributed by atoms with Crippen LogP contribution in [0.3, 0.4) is 0 Å². The molecule has 8 rings (SSSR count). The molecule has 220 valence electrons. The van der Waals surface area contributed by atoms with Crippen LogP contribution in [-0.2, 0) is 0 Å². The fourth-order valence-corrected chi connectivity index (χ4v) is 6.37. The summed E-state index contributed by atoms with van der Waals surface area (Å²) in [6, 6.07) is 61.2. The van der Waals surface area contributed by atoms with Gasteiger partial charge in [-0.05, 0) is 97.1 Å². The van der Waals surface area contributed by atoms with Gasteiger partial charge in [0, 0.05) is 44.9 Å². The van der Waals surface area contributed by atoms with Crippen LogP contribution >= 0.6 is 0 Å². The predicted molar refractivity (Wildman–Crippen MR) is 190 cm³/mol. The Morgan fingerprint density at radius 3 is 1.50 bits per heavy atom. The maximum absolute atomic E-state index is 15.6. The van der Waals surface area contributed by atoms with Gasteiger partial charge in [-0.15, -0.1) is 0 Å². The molecule has 0 N–H and O–H groups in total. The molecule has 8 aromatic rings. The van der Waals surface area contributed by atoms with Gasteiger partial charge in [-0.3, -0.25) is 0 Å². The van der Waals surface area contributed by atoms with E-state index in [1.54, 1.807) is 6.07 Å². The second-order valence-electron chi connectivity index (χ2n) is 11.2. The van der Waals surface area contributed by atoms with E-state index >= 15 is 4.39 Å². The molecule has 7 aromatic carbocycles. The van der Waals surface area contributed by atoms with Crippen molar-refractivity contribution in [3.63, 3.8) is 0 Å². The molecule has 0 amide bonds. The van der Waals surface area contributed by atoms with Crippen LogP contribution in [0.1, 0.15) is 0 Å². The third-order valence-corrected chi connectivity index (χ3v) is 8.42. The van der Waals surface area contributed by atoms with Crippen LogP contribution in [-0.4, -0.2) is 4.57 Å². The summed E-state index contributed by atoms with van der Waals surface area (Å²) in [5.74, 6) is -0.284. The van der Waals surface area contributed by atoms with Crippen LogP contribution in [0.15, 0.2) is 182 Å². The average molecular weight is 596 g/mol. The smallest absolute Gasteiger partial charge is 0.147 e. The Morgan fingerprint density at radius 2 is 0.848 bits per heavy atom. The Bertz CT molecular complexity index is 2220. The standard InChI is InChI=1S/C42H30FN3/c43-39-21-11-13-23-42(39)45(35-26-24-34(25-27-35)44(31-14-4-1-5-15-31)32-16-6-2-7-17-32)36-28-29-41-38(30-36)37-20-10-12-22-40(37)46(41)33-18-8-3-9-19-33/h1-30H. The molecular weight excluding hydrogens is 565 g/mol. The zero-order valence-corrected chi connectivity index (χ0v) is 25.0. The van der Waals surface area contributed by atoms with Crippen LogP contribution in [0.4, 0.5) is 38.5 Å². The van der Waals surface area contributed by atoms with Crippen molar-refractivity contribution >= 4 is 55.9 Å². The lowest BCUT2D eigenvalue weighted by Crippen LogP contribution is -2.13. The van der Waals surface area contributed by atoms with Crippen molar-refractivity contribution in [2.45, 2.75) is 0 Å². The number of rotatable bonds is 7. The quantitative estimate of drug-likeness (QED) is 0.182. The minimum atomic E-state index is -0.284. The first-order valence-electron chi connectivity index (χ1n) is 15.4. The van der Waals surface area contributed by atoms with Crippen LogP contribution in [0.2, 0.25) is 0 Å². The Morgan fingerprint density at radius 1 is 0.370 bits per heavy atom. The summed E-state index contributed by atoms with van der Waals surface area (Å²) in [5, 5.41) is 2.25. The third-order valence-electron chi connectivity index (χ3n) is 8.42. The molecule has 0 atom stereocenters. The van der Waals surface area contributed by atoms with E-state index in [1.807, 2.05) is 59.5 Å². The number of para-hydroxylation sites is 5. The molecule has 0 aliphatic rings. The monoisotopic (exact) mass is 595 g/mol. The van der Waals surface area contributed by atoms with E-state index in [1.165, 1.54) is 6.07 Å². The summed E-state index contributed by atoms with van der Waals surface area (Å²) >= 11 is 0. The van der Waals surface area contributed by atoms with Crippen molar-refractivity contribution in [3.05, 3.63) is 188 Å². The molecule has 1 heterocycles. The lowest BCUT2D eigenvalue weighted by Gasteiger charge is -2.28. The Hall–Kier alpha value is -6.13. The average Bonchev–Trinajstić information content (AvgIpc) is 3.45. The molecular formula is C42H30FN3. The maximum atomic E-state index is 15.6. The van der Waals surface area contributed by atoms with E-state index < -0.39 is 0 Å². The van der Waals surface area contributed by atoms with Gasteiger partial charge in [0.05, 0.1) is 16.7 Å². The molecule has 1 aromatic heterocycles. The molecule has 0 bridgehead atoms. The molecule has 0 radical (unpaired) electrons. The van der Waals surface area contributed by atoms with Crippen LogP contribution < -0.4 is 9.80 Å². The van der Waals surface area contributed by atoms with Crippen molar-refractivity contribution in [2.24, 2.45) is 0 Å². The molecule has 0 saturated heterocycles. The molecule has 46 heavy (non-hydrogen) atoms. The Balaban J connectivity index is 1.28. The summed E-state index contributed by atoms with van der Waals surface area (Å²) < 4.78 is 17.9. The number of hydrogen-bond acceptors (Lipinski definition) is 2. The maximum Gasteiger partial charge on any atom is 0.147 e. The van der Waals surface area contributed by atoms with Crippen molar-refractivity contribution in [2.75, 3.05) is 9.80 Å². The van der Waals surface area contributed by atoms with E-state index in [9.17, 15) is 0 Å². The highest BCUT2D eigenvalue weighted by Gasteiger charge is 2.20. The number of hydrogen-bond donors (Lipinski definition) is 0. The number of benzene rings is 7. The molecule has 0 spiro atoms. The Labute approximate surface area is 267 Å². The highest BCUT2D eigenvalue weighted by Crippen LogP contribution is 2.42. The van der Waals surface area contributed by atoms with Gasteiger partial charge in [0.15, 0.2) is 0 Å². The number of halogens is 1. The van der Waals surface area contributed by atoms with Crippen LogP contribution in [0.25, 0.3) is 27.5 Å². The van der Waals surface area contributed by atoms with E-state index in [0.717, 1.165) is 55.9 Å². The summed E-state index contributed by atoms with van der Waals surface area (Å²) in [6.45, 7) is 0. The first-order valence-corrected chi connectivity index (χ1v) is 15.4. The van der Waals surface area contributed by atoms with Gasteiger partial charge >= 0.3 is 0 Å². The molecule has 0 aliphatic carbocycles. The predicted octanol–water partition coefficient (Wildman–Crippen LogP) is 11.9. The van der Waals surface area contributed by atoms with E-state index in [4.69, 9.17) is 0 Å². The van der Waals surface area contributed by atoms with Gasteiger partial charge in [0.2, 0.25) is 0 Å². The number of nitrogens with zero attached hydrogens (tertiary/aromatic N) is 3. The number of fused-ring (bicyclic) bond motifs is 3. The van der Waals surface area contributed by atoms with Crippen LogP contribution in [0, 0.1) is 5.82 Å². The first kappa shape index (κ1) is 27.4. The summed E-state index contributed by atoms with van der Waals surface area (Å²) in [6.07, 6.45) is 0. The molecule has 3 nitrogen and oxygen atoms in total. The van der Waals surface area contributed by atoms with Gasteiger partial charge in [-0.1, -0.05) is 84.9 Å². The molecule has 0 saturated carbocycles. The normalized spacial score (nSPS) is 11.2. The van der Waals surface area contributed by atoms with Crippen molar-refractivity contribution in [3.8, 4) is 5.69 Å². The Kier molecular flexibility index (Phi) is 7.01. The fraction of sp³-hybridized carbons (Fsp3) is 0. The van der Waals surface area contributed by atoms with Gasteiger partial charge in [0.25, 0.3) is 0 Å². The second-order valence-corrected chi connectivity index (χ2v) is 11.2. The minimum absolute atomic E-state index is 0.284. The first-order chi connectivity index (χ1) is 22.8. The highest BCUT2D eigenvalue weighted by molar-refractivity contribution is 6.10. The third kappa shape index (κ3) is 4.86. The zero-order valence-electron chi connectivity index (χ0n) is 25.0. The van der Waals surface area contributed by atoms with Crippen molar-refractivity contribution in [1.29, 1.82) is 0 Å². The molecule has 0 aliphatic heterocycles. The lowest BCUT2D eigenvalue weighted by molar-refractivity contribution is 0.629. The van der Waals surface area contributed by atoms with E-state index in [0.29, 0.717) is 5.69 Å². The van der Waals surface area contributed by atoms with Crippen LogP contribution in [0.5, 0.6) is 0 Å². The van der Waals surface area contributed by atoms with E-state index in [-0.39, 0.29) is 5.82 Å². The molecule has 4 heteroatoms. The van der Waals surface area contributed by atoms with Crippen molar-refractivity contribution in [1.82, 2.24) is 4.57 Å². The molecule has 0 fully saturated rings. The summed E-state index contributed by atoms with van der Waals surface area (Å²) in [5.41, 5.74) is 8.70. The topological polar surface area (TPSA) is 11.4 Å². The van der Waals surface area contributed by atoms with Gasteiger partial charge in [-0.25, -0.2) is 4.39 Å². The van der Waals surface area contributed by atoms with Crippen molar-refractivity contribution < 1.29 is 4.39 Å². The van der Waals surface area contributed by atoms with Gasteiger partial charge in [0.1, 0.15) is 5.82 Å². The SMILES string of the molecule is Fc1ccccc1N(c1ccc(N(c2ccccc2)c2ccccc2)cc1)c1ccc2c(c1)c1ccccc1n2-c1ccccc1.